The van der Waals surface area contributed by atoms with Gasteiger partial charge in [0, 0.05) is 18.5 Å². The van der Waals surface area contributed by atoms with Gasteiger partial charge in [-0.3, -0.25) is 4.57 Å². The van der Waals surface area contributed by atoms with Gasteiger partial charge >= 0.3 is 0 Å². The van der Waals surface area contributed by atoms with E-state index in [2.05, 4.69) is 72.0 Å². The van der Waals surface area contributed by atoms with E-state index in [-0.39, 0.29) is 5.41 Å². The van der Waals surface area contributed by atoms with E-state index in [9.17, 15) is 0 Å². The number of nitrogens with zero attached hydrogens (tertiary/aromatic N) is 3. The molecular formula is C15H22N4. The third-order valence-corrected chi connectivity index (χ3v) is 3.46. The number of benzene rings is 1. The lowest BCUT2D eigenvalue weighted by Crippen LogP contribution is -2.24. The number of anilines is 1. The molecule has 0 fully saturated rings. The van der Waals surface area contributed by atoms with Gasteiger partial charge in [0.15, 0.2) is 0 Å². The molecule has 1 N–H and O–H groups in total. The van der Waals surface area contributed by atoms with Crippen LogP contribution in [0, 0.1) is 0 Å². The van der Waals surface area contributed by atoms with Gasteiger partial charge < -0.3 is 5.32 Å². The standard InChI is InChI=1S/C15H22N4/c1-5-16-14-18-17-13(19(14)6-2)15(3,4)12-10-8-7-9-11-12/h7-11H,5-6H2,1-4H3,(H,16,18). The lowest BCUT2D eigenvalue weighted by Gasteiger charge is -2.25. The minimum Gasteiger partial charge on any atom is -0.355 e. The minimum absolute atomic E-state index is 0.155. The highest BCUT2D eigenvalue weighted by Crippen LogP contribution is 2.31. The Morgan fingerprint density at radius 1 is 1.11 bits per heavy atom. The Labute approximate surface area is 114 Å². The molecule has 102 valence electrons. The van der Waals surface area contributed by atoms with Crippen molar-refractivity contribution in [2.45, 2.75) is 39.7 Å². The van der Waals surface area contributed by atoms with Gasteiger partial charge in [-0.2, -0.15) is 0 Å². The van der Waals surface area contributed by atoms with Crippen molar-refractivity contribution in [3.8, 4) is 0 Å². The number of aromatic nitrogens is 3. The summed E-state index contributed by atoms with van der Waals surface area (Å²) in [6, 6.07) is 10.4. The molecule has 0 spiro atoms. The molecule has 1 aromatic carbocycles. The SMILES string of the molecule is CCNc1nnc(C(C)(C)c2ccccc2)n1CC. The van der Waals surface area contributed by atoms with Crippen LogP contribution in [-0.4, -0.2) is 21.3 Å². The topological polar surface area (TPSA) is 42.7 Å². The van der Waals surface area contributed by atoms with Crippen LogP contribution in [0.5, 0.6) is 0 Å². The summed E-state index contributed by atoms with van der Waals surface area (Å²) in [5, 5.41) is 11.9. The largest absolute Gasteiger partial charge is 0.355 e. The quantitative estimate of drug-likeness (QED) is 0.896. The maximum Gasteiger partial charge on any atom is 0.224 e. The van der Waals surface area contributed by atoms with Crippen molar-refractivity contribution in [3.63, 3.8) is 0 Å². The smallest absolute Gasteiger partial charge is 0.224 e. The summed E-state index contributed by atoms with van der Waals surface area (Å²) in [5.41, 5.74) is 1.10. The first-order valence-corrected chi connectivity index (χ1v) is 6.84. The van der Waals surface area contributed by atoms with Gasteiger partial charge in [0.05, 0.1) is 0 Å². The van der Waals surface area contributed by atoms with E-state index in [1.165, 1.54) is 5.56 Å². The van der Waals surface area contributed by atoms with Crippen molar-refractivity contribution in [2.24, 2.45) is 0 Å². The molecule has 0 bridgehead atoms. The highest BCUT2D eigenvalue weighted by Gasteiger charge is 2.29. The van der Waals surface area contributed by atoms with Gasteiger partial charge in [-0.15, -0.1) is 10.2 Å². The molecular weight excluding hydrogens is 236 g/mol. The summed E-state index contributed by atoms with van der Waals surface area (Å²) in [6.07, 6.45) is 0. The Morgan fingerprint density at radius 3 is 2.37 bits per heavy atom. The molecule has 2 rings (SSSR count). The zero-order valence-electron chi connectivity index (χ0n) is 12.1. The second-order valence-corrected chi connectivity index (χ2v) is 5.11. The molecule has 0 unspecified atom stereocenters. The normalized spacial score (nSPS) is 11.6. The van der Waals surface area contributed by atoms with Gasteiger partial charge in [0.1, 0.15) is 5.82 Å². The van der Waals surface area contributed by atoms with Gasteiger partial charge in [0.25, 0.3) is 0 Å². The van der Waals surface area contributed by atoms with Crippen LogP contribution < -0.4 is 5.32 Å². The van der Waals surface area contributed by atoms with Gasteiger partial charge in [-0.25, -0.2) is 0 Å². The fraction of sp³-hybridized carbons (Fsp3) is 0.467. The molecule has 4 nitrogen and oxygen atoms in total. The van der Waals surface area contributed by atoms with Gasteiger partial charge in [-0.05, 0) is 33.3 Å². The molecule has 0 aliphatic heterocycles. The Morgan fingerprint density at radius 2 is 1.79 bits per heavy atom. The van der Waals surface area contributed by atoms with Crippen LogP contribution >= 0.6 is 0 Å². The van der Waals surface area contributed by atoms with E-state index in [0.29, 0.717) is 0 Å². The predicted molar refractivity (Wildman–Crippen MR) is 78.4 cm³/mol. The van der Waals surface area contributed by atoms with Crippen LogP contribution in [0.3, 0.4) is 0 Å². The zero-order valence-corrected chi connectivity index (χ0v) is 12.1. The summed E-state index contributed by atoms with van der Waals surface area (Å²) in [7, 11) is 0. The molecule has 1 heterocycles. The molecule has 0 aliphatic carbocycles. The monoisotopic (exact) mass is 258 g/mol. The number of rotatable bonds is 5. The lowest BCUT2D eigenvalue weighted by molar-refractivity contribution is 0.541. The van der Waals surface area contributed by atoms with Crippen LogP contribution in [0.15, 0.2) is 30.3 Å². The first-order chi connectivity index (χ1) is 9.11. The molecule has 0 radical (unpaired) electrons. The summed E-state index contributed by atoms with van der Waals surface area (Å²) in [4.78, 5) is 0. The third kappa shape index (κ3) is 2.48. The van der Waals surface area contributed by atoms with Crippen molar-refractivity contribution < 1.29 is 0 Å². The summed E-state index contributed by atoms with van der Waals surface area (Å²) in [6.45, 7) is 10.3. The highest BCUT2D eigenvalue weighted by molar-refractivity contribution is 5.35. The predicted octanol–water partition coefficient (Wildman–Crippen LogP) is 3.06. The van der Waals surface area contributed by atoms with Crippen molar-refractivity contribution >= 4 is 5.95 Å². The first-order valence-electron chi connectivity index (χ1n) is 6.84. The molecule has 4 heteroatoms. The van der Waals surface area contributed by atoms with Crippen LogP contribution in [0.1, 0.15) is 39.1 Å². The lowest BCUT2D eigenvalue weighted by atomic mass is 9.84. The summed E-state index contributed by atoms with van der Waals surface area (Å²) >= 11 is 0. The Hall–Kier alpha value is -1.84. The molecule has 1 aromatic heterocycles. The van der Waals surface area contributed by atoms with E-state index in [0.717, 1.165) is 24.9 Å². The molecule has 0 aliphatic rings. The Balaban J connectivity index is 2.46. The van der Waals surface area contributed by atoms with Crippen molar-refractivity contribution in [2.75, 3.05) is 11.9 Å². The fourth-order valence-corrected chi connectivity index (χ4v) is 2.34. The molecule has 0 atom stereocenters. The fourth-order valence-electron chi connectivity index (χ4n) is 2.34. The van der Waals surface area contributed by atoms with E-state index < -0.39 is 0 Å². The van der Waals surface area contributed by atoms with Crippen molar-refractivity contribution in [1.82, 2.24) is 14.8 Å². The summed E-state index contributed by atoms with van der Waals surface area (Å²) < 4.78 is 2.15. The first kappa shape index (κ1) is 13.6. The van der Waals surface area contributed by atoms with E-state index in [1.54, 1.807) is 0 Å². The summed E-state index contributed by atoms with van der Waals surface area (Å²) in [5.74, 6) is 1.85. The average molecular weight is 258 g/mol. The second kappa shape index (κ2) is 5.43. The van der Waals surface area contributed by atoms with Crippen LogP contribution in [-0.2, 0) is 12.0 Å². The molecule has 19 heavy (non-hydrogen) atoms. The average Bonchev–Trinajstić information content (AvgIpc) is 2.84. The van der Waals surface area contributed by atoms with E-state index in [1.807, 2.05) is 6.07 Å². The van der Waals surface area contributed by atoms with Gasteiger partial charge in [-0.1, -0.05) is 30.3 Å². The maximum atomic E-state index is 4.40. The Bertz CT molecular complexity index is 528. The minimum atomic E-state index is -0.155. The zero-order chi connectivity index (χ0) is 13.9. The van der Waals surface area contributed by atoms with Crippen molar-refractivity contribution in [1.29, 1.82) is 0 Å². The number of hydrogen-bond acceptors (Lipinski definition) is 3. The maximum absolute atomic E-state index is 4.40. The third-order valence-electron chi connectivity index (χ3n) is 3.46. The Kier molecular flexibility index (Phi) is 3.88. The van der Waals surface area contributed by atoms with Crippen molar-refractivity contribution in [3.05, 3.63) is 41.7 Å². The number of nitrogens with one attached hydrogen (secondary N) is 1. The molecule has 0 saturated heterocycles. The molecule has 0 amide bonds. The second-order valence-electron chi connectivity index (χ2n) is 5.11. The van der Waals surface area contributed by atoms with Crippen LogP contribution in [0.25, 0.3) is 0 Å². The number of hydrogen-bond donors (Lipinski definition) is 1. The van der Waals surface area contributed by atoms with E-state index >= 15 is 0 Å². The molecule has 0 saturated carbocycles. The van der Waals surface area contributed by atoms with Gasteiger partial charge in [0.2, 0.25) is 5.95 Å². The van der Waals surface area contributed by atoms with Crippen LogP contribution in [0.4, 0.5) is 5.95 Å². The molecule has 2 aromatic rings. The highest BCUT2D eigenvalue weighted by atomic mass is 15.4. The van der Waals surface area contributed by atoms with E-state index in [4.69, 9.17) is 0 Å². The van der Waals surface area contributed by atoms with Crippen LogP contribution in [0.2, 0.25) is 0 Å².